The molecule has 11 heteroatoms. The first-order valence-electron chi connectivity index (χ1n) is 11.9. The molecule has 0 aliphatic carbocycles. The van der Waals surface area contributed by atoms with E-state index < -0.39 is 0 Å². The van der Waals surface area contributed by atoms with Crippen molar-refractivity contribution < 1.29 is 13.9 Å². The van der Waals surface area contributed by atoms with Gasteiger partial charge < -0.3 is 24.1 Å². The van der Waals surface area contributed by atoms with Crippen molar-refractivity contribution in [3.63, 3.8) is 0 Å². The monoisotopic (exact) mass is 500 g/mol. The summed E-state index contributed by atoms with van der Waals surface area (Å²) in [6.45, 7) is 3.14. The van der Waals surface area contributed by atoms with Gasteiger partial charge in [-0.15, -0.1) is 5.10 Å². The van der Waals surface area contributed by atoms with Gasteiger partial charge >= 0.3 is 6.01 Å². The van der Waals surface area contributed by atoms with Gasteiger partial charge in [0.05, 0.1) is 43.3 Å². The summed E-state index contributed by atoms with van der Waals surface area (Å²) in [7, 11) is 5.12. The summed E-state index contributed by atoms with van der Waals surface area (Å²) < 4.78 is 18.6. The third kappa shape index (κ3) is 5.30. The maximum Gasteiger partial charge on any atom is 0.315 e. The quantitative estimate of drug-likeness (QED) is 0.292. The van der Waals surface area contributed by atoms with Crippen LogP contribution >= 0.6 is 0 Å². The minimum Gasteiger partial charge on any atom is -0.497 e. The van der Waals surface area contributed by atoms with Gasteiger partial charge in [0.15, 0.2) is 0 Å². The van der Waals surface area contributed by atoms with E-state index in [0.29, 0.717) is 29.9 Å². The Balaban J connectivity index is 1.57. The van der Waals surface area contributed by atoms with Crippen LogP contribution in [0.4, 0.5) is 17.4 Å². The highest BCUT2D eigenvalue weighted by Crippen LogP contribution is 2.35. The standard InChI is InChI=1S/C26H28N8O3/c1-5-8-27-26-32-31-25(37-26)16-34(19-9-20(35-3)12-21(10-19)36-4)18-6-7-22-23(11-18)30-24(14-28-22)17-13-29-33(2)15-17/h6-7,9-15H,5,8,16H2,1-4H3,(H,27,32). The van der Waals surface area contributed by atoms with Crippen molar-refractivity contribution in [2.24, 2.45) is 7.05 Å². The number of methoxy groups -OCH3 is 2. The van der Waals surface area contributed by atoms with Crippen LogP contribution in [-0.2, 0) is 13.6 Å². The molecule has 3 aromatic heterocycles. The van der Waals surface area contributed by atoms with Crippen molar-refractivity contribution >= 4 is 28.4 Å². The Hall–Kier alpha value is -4.67. The first kappa shape index (κ1) is 24.0. The second-order valence-electron chi connectivity index (χ2n) is 8.42. The summed E-state index contributed by atoms with van der Waals surface area (Å²) in [5.74, 6) is 1.78. The Morgan fingerprint density at radius 3 is 2.49 bits per heavy atom. The van der Waals surface area contributed by atoms with E-state index >= 15 is 0 Å². The number of aromatic nitrogens is 6. The van der Waals surface area contributed by atoms with Gasteiger partial charge in [-0.05, 0) is 24.6 Å². The second kappa shape index (κ2) is 10.5. The highest BCUT2D eigenvalue weighted by Gasteiger charge is 2.18. The van der Waals surface area contributed by atoms with Gasteiger partial charge in [-0.1, -0.05) is 12.0 Å². The van der Waals surface area contributed by atoms with Gasteiger partial charge in [-0.2, -0.15) is 5.10 Å². The Morgan fingerprint density at radius 2 is 1.78 bits per heavy atom. The zero-order valence-corrected chi connectivity index (χ0v) is 21.2. The fraction of sp³-hybridized carbons (Fsp3) is 0.269. The zero-order valence-electron chi connectivity index (χ0n) is 21.2. The molecule has 37 heavy (non-hydrogen) atoms. The van der Waals surface area contributed by atoms with E-state index in [4.69, 9.17) is 18.9 Å². The molecule has 3 heterocycles. The lowest BCUT2D eigenvalue weighted by Gasteiger charge is -2.24. The Bertz CT molecular complexity index is 1490. The molecule has 5 rings (SSSR count). The van der Waals surface area contributed by atoms with Crippen molar-refractivity contribution in [1.82, 2.24) is 29.9 Å². The fourth-order valence-electron chi connectivity index (χ4n) is 3.90. The first-order chi connectivity index (χ1) is 18.1. The highest BCUT2D eigenvalue weighted by molar-refractivity contribution is 5.82. The topological polar surface area (TPSA) is 116 Å². The number of hydrogen-bond acceptors (Lipinski definition) is 10. The molecular weight excluding hydrogens is 472 g/mol. The SMILES string of the molecule is CCCNc1nnc(CN(c2cc(OC)cc(OC)c2)c2ccc3ncc(-c4cnn(C)c4)nc3c2)o1. The predicted molar refractivity (Wildman–Crippen MR) is 140 cm³/mol. The Labute approximate surface area is 214 Å². The molecule has 0 unspecified atom stereocenters. The molecule has 1 N–H and O–H groups in total. The molecule has 0 saturated heterocycles. The number of anilines is 3. The molecule has 0 amide bonds. The molecule has 0 fully saturated rings. The Morgan fingerprint density at radius 1 is 0.973 bits per heavy atom. The molecule has 5 aromatic rings. The highest BCUT2D eigenvalue weighted by atomic mass is 16.5. The van der Waals surface area contributed by atoms with Crippen LogP contribution in [0.3, 0.4) is 0 Å². The lowest BCUT2D eigenvalue weighted by atomic mass is 10.2. The van der Waals surface area contributed by atoms with Gasteiger partial charge in [0.1, 0.15) is 18.0 Å². The summed E-state index contributed by atoms with van der Waals surface area (Å²) in [4.78, 5) is 11.5. The molecule has 0 spiro atoms. The lowest BCUT2D eigenvalue weighted by Crippen LogP contribution is -2.17. The number of hydrogen-bond donors (Lipinski definition) is 1. The van der Waals surface area contributed by atoms with Crippen LogP contribution < -0.4 is 19.7 Å². The van der Waals surface area contributed by atoms with E-state index in [0.717, 1.165) is 46.6 Å². The molecule has 0 bridgehead atoms. The maximum absolute atomic E-state index is 5.86. The van der Waals surface area contributed by atoms with Crippen LogP contribution in [0.15, 0.2) is 59.4 Å². The number of fused-ring (bicyclic) bond motifs is 1. The van der Waals surface area contributed by atoms with Gasteiger partial charge in [-0.25, -0.2) is 4.98 Å². The van der Waals surface area contributed by atoms with E-state index in [-0.39, 0.29) is 0 Å². The minimum atomic E-state index is 0.318. The molecule has 190 valence electrons. The van der Waals surface area contributed by atoms with Crippen LogP contribution in [0, 0.1) is 0 Å². The van der Waals surface area contributed by atoms with Crippen LogP contribution in [0.5, 0.6) is 11.5 Å². The van der Waals surface area contributed by atoms with Crippen molar-refractivity contribution in [2.45, 2.75) is 19.9 Å². The molecule has 0 radical (unpaired) electrons. The number of ether oxygens (including phenoxy) is 2. The molecular formula is C26H28N8O3. The van der Waals surface area contributed by atoms with Crippen LogP contribution in [0.1, 0.15) is 19.2 Å². The molecule has 0 aliphatic heterocycles. The van der Waals surface area contributed by atoms with Crippen molar-refractivity contribution in [3.05, 3.63) is 60.9 Å². The molecule has 2 aromatic carbocycles. The number of nitrogens with zero attached hydrogens (tertiary/aromatic N) is 7. The molecule has 0 aliphatic rings. The van der Waals surface area contributed by atoms with E-state index in [1.54, 1.807) is 31.3 Å². The van der Waals surface area contributed by atoms with Crippen molar-refractivity contribution in [2.75, 3.05) is 31.0 Å². The van der Waals surface area contributed by atoms with E-state index in [1.807, 2.05) is 54.5 Å². The predicted octanol–water partition coefficient (Wildman–Crippen LogP) is 4.59. The molecule has 0 atom stereocenters. The average molecular weight is 501 g/mol. The third-order valence-corrected chi connectivity index (χ3v) is 5.77. The number of nitrogens with one attached hydrogen (secondary N) is 1. The molecule has 11 nitrogen and oxygen atoms in total. The zero-order chi connectivity index (χ0) is 25.8. The van der Waals surface area contributed by atoms with Crippen molar-refractivity contribution in [3.8, 4) is 22.8 Å². The summed E-state index contributed by atoms with van der Waals surface area (Å²) in [6, 6.07) is 12.0. The first-order valence-corrected chi connectivity index (χ1v) is 11.9. The number of benzene rings is 2. The Kier molecular flexibility index (Phi) is 6.84. The summed E-state index contributed by atoms with van der Waals surface area (Å²) >= 11 is 0. The maximum atomic E-state index is 5.86. The summed E-state index contributed by atoms with van der Waals surface area (Å²) in [5, 5.41) is 15.7. The second-order valence-corrected chi connectivity index (χ2v) is 8.42. The summed E-state index contributed by atoms with van der Waals surface area (Å²) in [5.41, 5.74) is 4.86. The lowest BCUT2D eigenvalue weighted by molar-refractivity contribution is 0.394. The number of aryl methyl sites for hydroxylation is 1. The minimum absolute atomic E-state index is 0.318. The average Bonchev–Trinajstić information content (AvgIpc) is 3.58. The smallest absolute Gasteiger partial charge is 0.315 e. The third-order valence-electron chi connectivity index (χ3n) is 5.77. The van der Waals surface area contributed by atoms with E-state index in [2.05, 4.69) is 32.5 Å². The van der Waals surface area contributed by atoms with E-state index in [9.17, 15) is 0 Å². The summed E-state index contributed by atoms with van der Waals surface area (Å²) in [6.07, 6.45) is 6.39. The molecule has 0 saturated carbocycles. The number of rotatable bonds is 10. The van der Waals surface area contributed by atoms with Crippen LogP contribution in [0.25, 0.3) is 22.3 Å². The largest absolute Gasteiger partial charge is 0.497 e. The van der Waals surface area contributed by atoms with Crippen molar-refractivity contribution in [1.29, 1.82) is 0 Å². The van der Waals surface area contributed by atoms with Gasteiger partial charge in [-0.3, -0.25) is 9.67 Å². The van der Waals surface area contributed by atoms with Gasteiger partial charge in [0.2, 0.25) is 5.89 Å². The van der Waals surface area contributed by atoms with Gasteiger partial charge in [0, 0.05) is 54.9 Å². The van der Waals surface area contributed by atoms with Crippen LogP contribution in [-0.4, -0.2) is 50.7 Å². The van der Waals surface area contributed by atoms with E-state index in [1.165, 1.54) is 0 Å². The van der Waals surface area contributed by atoms with Gasteiger partial charge in [0.25, 0.3) is 0 Å². The van der Waals surface area contributed by atoms with Crippen LogP contribution in [0.2, 0.25) is 0 Å². The fourth-order valence-corrected chi connectivity index (χ4v) is 3.90. The normalized spacial score (nSPS) is 11.0.